The van der Waals surface area contributed by atoms with Gasteiger partial charge in [0.05, 0.1) is 20.7 Å². The van der Waals surface area contributed by atoms with E-state index in [1.54, 1.807) is 11.3 Å². The third kappa shape index (κ3) is 3.23. The third-order valence-electron chi connectivity index (χ3n) is 2.79. The molecule has 1 N–H and O–H groups in total. The monoisotopic (exact) mass is 300 g/mol. The number of halogens is 2. The van der Waals surface area contributed by atoms with E-state index in [4.69, 9.17) is 23.2 Å². The number of aromatic nitrogens is 1. The summed E-state index contributed by atoms with van der Waals surface area (Å²) >= 11 is 13.6. The molecule has 5 heteroatoms. The van der Waals surface area contributed by atoms with Gasteiger partial charge in [0.1, 0.15) is 0 Å². The van der Waals surface area contributed by atoms with Crippen molar-refractivity contribution in [1.82, 2.24) is 10.3 Å². The van der Waals surface area contributed by atoms with Crippen molar-refractivity contribution in [2.24, 2.45) is 0 Å². The fourth-order valence-corrected chi connectivity index (χ4v) is 2.82. The van der Waals surface area contributed by atoms with Crippen LogP contribution >= 0.6 is 34.5 Å². The summed E-state index contributed by atoms with van der Waals surface area (Å²) in [6.45, 7) is 2.10. The van der Waals surface area contributed by atoms with Gasteiger partial charge >= 0.3 is 0 Å². The maximum absolute atomic E-state index is 6.00. The van der Waals surface area contributed by atoms with Gasteiger partial charge in [-0.3, -0.25) is 0 Å². The first-order valence-electron chi connectivity index (χ1n) is 5.65. The minimum absolute atomic E-state index is 0.281. The molecule has 1 aromatic heterocycles. The van der Waals surface area contributed by atoms with E-state index in [0.717, 1.165) is 22.7 Å². The Hall–Kier alpha value is -0.610. The summed E-state index contributed by atoms with van der Waals surface area (Å²) < 4.78 is 0. The molecule has 96 valence electrons. The van der Waals surface area contributed by atoms with Crippen LogP contribution in [0.3, 0.4) is 0 Å². The van der Waals surface area contributed by atoms with Crippen molar-refractivity contribution in [2.45, 2.75) is 19.4 Å². The summed E-state index contributed by atoms with van der Waals surface area (Å²) in [7, 11) is 1.93. The molecular formula is C13H14Cl2N2S. The highest BCUT2D eigenvalue weighted by molar-refractivity contribution is 7.09. The lowest BCUT2D eigenvalue weighted by Crippen LogP contribution is -2.12. The SMILES string of the molecule is CNC(C)c1csc(Cc2ccc(Cl)c(Cl)c2)n1. The summed E-state index contributed by atoms with van der Waals surface area (Å²) in [4.78, 5) is 4.61. The van der Waals surface area contributed by atoms with Gasteiger partial charge in [-0.25, -0.2) is 4.98 Å². The quantitative estimate of drug-likeness (QED) is 0.909. The highest BCUT2D eigenvalue weighted by Crippen LogP contribution is 2.25. The summed E-state index contributed by atoms with van der Waals surface area (Å²) in [5.74, 6) is 0. The maximum Gasteiger partial charge on any atom is 0.0972 e. The maximum atomic E-state index is 6.00. The first kappa shape index (κ1) is 13.8. The Morgan fingerprint density at radius 2 is 2.11 bits per heavy atom. The molecule has 0 radical (unpaired) electrons. The Bertz CT molecular complexity index is 540. The molecule has 0 aliphatic heterocycles. The van der Waals surface area contributed by atoms with Crippen molar-refractivity contribution in [1.29, 1.82) is 0 Å². The molecule has 1 heterocycles. The van der Waals surface area contributed by atoms with Gasteiger partial charge in [0.2, 0.25) is 0 Å². The lowest BCUT2D eigenvalue weighted by Gasteiger charge is -2.05. The molecule has 2 aromatic rings. The van der Waals surface area contributed by atoms with Crippen LogP contribution in [0.4, 0.5) is 0 Å². The average Bonchev–Trinajstić information content (AvgIpc) is 2.81. The van der Waals surface area contributed by atoms with E-state index in [9.17, 15) is 0 Å². The molecule has 0 saturated heterocycles. The minimum Gasteiger partial charge on any atom is -0.312 e. The molecule has 1 unspecified atom stereocenters. The molecule has 0 saturated carbocycles. The number of rotatable bonds is 4. The zero-order valence-electron chi connectivity index (χ0n) is 10.2. The van der Waals surface area contributed by atoms with Gasteiger partial charge in [-0.2, -0.15) is 0 Å². The van der Waals surface area contributed by atoms with Crippen molar-refractivity contribution in [3.8, 4) is 0 Å². The standard InChI is InChI=1S/C13H14Cl2N2S/c1-8(16-2)12-7-18-13(17-12)6-9-3-4-10(14)11(15)5-9/h3-5,7-8,16H,6H2,1-2H3. The summed E-state index contributed by atoms with van der Waals surface area (Å²) in [5, 5.41) is 7.54. The molecule has 1 aromatic carbocycles. The Labute approximate surface area is 121 Å². The number of hydrogen-bond acceptors (Lipinski definition) is 3. The van der Waals surface area contributed by atoms with Gasteiger partial charge in [-0.1, -0.05) is 29.3 Å². The molecule has 0 amide bonds. The van der Waals surface area contributed by atoms with Crippen LogP contribution in [-0.2, 0) is 6.42 Å². The van der Waals surface area contributed by atoms with Crippen LogP contribution in [0.15, 0.2) is 23.6 Å². The molecule has 2 rings (SSSR count). The van der Waals surface area contributed by atoms with Crippen molar-refractivity contribution in [2.75, 3.05) is 7.05 Å². The van der Waals surface area contributed by atoms with Gasteiger partial charge in [-0.05, 0) is 31.7 Å². The highest BCUT2D eigenvalue weighted by atomic mass is 35.5. The number of nitrogens with zero attached hydrogens (tertiary/aromatic N) is 1. The second-order valence-electron chi connectivity index (χ2n) is 4.10. The number of hydrogen-bond donors (Lipinski definition) is 1. The zero-order valence-corrected chi connectivity index (χ0v) is 12.5. The zero-order chi connectivity index (χ0) is 13.1. The molecule has 1 atom stereocenters. The Morgan fingerprint density at radius 1 is 1.33 bits per heavy atom. The Balaban J connectivity index is 2.13. The van der Waals surface area contributed by atoms with Crippen molar-refractivity contribution in [3.63, 3.8) is 0 Å². The van der Waals surface area contributed by atoms with Crippen LogP contribution in [0.1, 0.15) is 29.2 Å². The summed E-state index contributed by atoms with van der Waals surface area (Å²) in [5.41, 5.74) is 2.21. The van der Waals surface area contributed by atoms with Crippen molar-refractivity contribution >= 4 is 34.5 Å². The largest absolute Gasteiger partial charge is 0.312 e. The van der Waals surface area contributed by atoms with Crippen molar-refractivity contribution in [3.05, 3.63) is 49.9 Å². The smallest absolute Gasteiger partial charge is 0.0972 e. The average molecular weight is 301 g/mol. The summed E-state index contributed by atoms with van der Waals surface area (Å²) in [6.07, 6.45) is 0.790. The molecule has 0 spiro atoms. The van der Waals surface area contributed by atoms with Crippen LogP contribution < -0.4 is 5.32 Å². The van der Waals surface area contributed by atoms with Crippen LogP contribution in [-0.4, -0.2) is 12.0 Å². The first-order valence-corrected chi connectivity index (χ1v) is 7.29. The first-order chi connectivity index (χ1) is 8.60. The molecule has 0 fully saturated rings. The van der Waals surface area contributed by atoms with E-state index in [1.165, 1.54) is 0 Å². The van der Waals surface area contributed by atoms with Gasteiger partial charge in [-0.15, -0.1) is 11.3 Å². The molecule has 0 aliphatic rings. The van der Waals surface area contributed by atoms with E-state index < -0.39 is 0 Å². The number of benzene rings is 1. The third-order valence-corrected chi connectivity index (χ3v) is 4.39. The number of nitrogens with one attached hydrogen (secondary N) is 1. The topological polar surface area (TPSA) is 24.9 Å². The van der Waals surface area contributed by atoms with E-state index >= 15 is 0 Å². The Kier molecular flexibility index (Phi) is 4.62. The van der Waals surface area contributed by atoms with Gasteiger partial charge in [0, 0.05) is 17.8 Å². The van der Waals surface area contributed by atoms with Crippen LogP contribution in [0.25, 0.3) is 0 Å². The number of thiazole rings is 1. The normalized spacial score (nSPS) is 12.7. The van der Waals surface area contributed by atoms with Gasteiger partial charge in [0.25, 0.3) is 0 Å². The predicted molar refractivity (Wildman–Crippen MR) is 78.9 cm³/mol. The van der Waals surface area contributed by atoms with Crippen LogP contribution in [0.2, 0.25) is 10.0 Å². The minimum atomic E-state index is 0.281. The van der Waals surface area contributed by atoms with Crippen molar-refractivity contribution < 1.29 is 0 Å². The van der Waals surface area contributed by atoms with E-state index in [-0.39, 0.29) is 6.04 Å². The summed E-state index contributed by atoms with van der Waals surface area (Å²) in [6, 6.07) is 5.98. The molecule has 18 heavy (non-hydrogen) atoms. The van der Waals surface area contributed by atoms with E-state index in [2.05, 4.69) is 22.6 Å². The second kappa shape index (κ2) is 6.02. The molecule has 0 bridgehead atoms. The van der Waals surface area contributed by atoms with E-state index in [1.807, 2.05) is 25.2 Å². The fraction of sp³-hybridized carbons (Fsp3) is 0.308. The van der Waals surface area contributed by atoms with Crippen LogP contribution in [0.5, 0.6) is 0 Å². The molecule has 2 nitrogen and oxygen atoms in total. The van der Waals surface area contributed by atoms with E-state index in [0.29, 0.717) is 10.0 Å². The second-order valence-corrected chi connectivity index (χ2v) is 5.86. The van der Waals surface area contributed by atoms with Gasteiger partial charge in [0.15, 0.2) is 0 Å². The molecule has 0 aliphatic carbocycles. The lowest BCUT2D eigenvalue weighted by molar-refractivity contribution is 0.635. The lowest BCUT2D eigenvalue weighted by atomic mass is 10.1. The highest BCUT2D eigenvalue weighted by Gasteiger charge is 2.09. The Morgan fingerprint density at radius 3 is 2.78 bits per heavy atom. The predicted octanol–water partition coefficient (Wildman–Crippen LogP) is 4.32. The fourth-order valence-electron chi connectivity index (χ4n) is 1.58. The van der Waals surface area contributed by atoms with Gasteiger partial charge < -0.3 is 5.32 Å². The molecular weight excluding hydrogens is 287 g/mol. The van der Waals surface area contributed by atoms with Crippen LogP contribution in [0, 0.1) is 0 Å².